The van der Waals surface area contributed by atoms with Crippen molar-refractivity contribution in [1.82, 2.24) is 0 Å². The number of hydrogen-bond donors (Lipinski definition) is 1. The molecule has 0 aliphatic heterocycles. The first-order valence-corrected chi connectivity index (χ1v) is 8.10. The maximum Gasteiger partial charge on any atom is 0.123 e. The summed E-state index contributed by atoms with van der Waals surface area (Å²) in [7, 11) is 0. The van der Waals surface area contributed by atoms with Gasteiger partial charge in [-0.25, -0.2) is 0 Å². The molecule has 2 N–H and O–H groups in total. The third kappa shape index (κ3) is 6.09. The Kier molecular flexibility index (Phi) is 6.27. The summed E-state index contributed by atoms with van der Waals surface area (Å²) < 4.78 is 6.04. The van der Waals surface area contributed by atoms with E-state index in [0.29, 0.717) is 0 Å². The highest BCUT2D eigenvalue weighted by atomic mass is 16.5. The Balaban J connectivity index is 2.53. The topological polar surface area (TPSA) is 35.2 Å². The summed E-state index contributed by atoms with van der Waals surface area (Å²) in [5.74, 6) is 1.03. The third-order valence-corrected chi connectivity index (χ3v) is 4.00. The summed E-state index contributed by atoms with van der Waals surface area (Å²) in [6, 6.07) is 6.48. The predicted octanol–water partition coefficient (Wildman–Crippen LogP) is 4.83. The van der Waals surface area contributed by atoms with Crippen LogP contribution in [0.25, 0.3) is 0 Å². The SMILES string of the molecule is Cc1ccc(OCCCCC(C)(C)CN)c(C(C)(C)C)c1. The van der Waals surface area contributed by atoms with Gasteiger partial charge in [0.15, 0.2) is 0 Å². The molecule has 21 heavy (non-hydrogen) atoms. The first kappa shape index (κ1) is 18.0. The van der Waals surface area contributed by atoms with Crippen LogP contribution in [0.1, 0.15) is 65.0 Å². The number of rotatable bonds is 7. The van der Waals surface area contributed by atoms with Gasteiger partial charge in [-0.2, -0.15) is 0 Å². The van der Waals surface area contributed by atoms with E-state index in [1.165, 1.54) is 17.5 Å². The van der Waals surface area contributed by atoms with Crippen molar-refractivity contribution in [3.05, 3.63) is 29.3 Å². The van der Waals surface area contributed by atoms with E-state index in [1.54, 1.807) is 0 Å². The van der Waals surface area contributed by atoms with Gasteiger partial charge in [0.2, 0.25) is 0 Å². The minimum atomic E-state index is 0.114. The highest BCUT2D eigenvalue weighted by molar-refractivity contribution is 5.41. The Hall–Kier alpha value is -1.02. The molecule has 0 radical (unpaired) electrons. The van der Waals surface area contributed by atoms with Gasteiger partial charge in [0.1, 0.15) is 5.75 Å². The number of aryl methyl sites for hydroxylation is 1. The Morgan fingerprint density at radius 1 is 1.05 bits per heavy atom. The van der Waals surface area contributed by atoms with E-state index in [-0.39, 0.29) is 10.8 Å². The summed E-state index contributed by atoms with van der Waals surface area (Å²) in [6.45, 7) is 14.8. The normalized spacial score (nSPS) is 12.5. The van der Waals surface area contributed by atoms with Crippen molar-refractivity contribution in [1.29, 1.82) is 0 Å². The number of unbranched alkanes of at least 4 members (excludes halogenated alkanes) is 1. The van der Waals surface area contributed by atoms with Crippen molar-refractivity contribution in [2.75, 3.05) is 13.2 Å². The molecule has 2 heteroatoms. The maximum atomic E-state index is 6.04. The standard InChI is InChI=1S/C19H33NO/c1-15-9-10-17(16(13-15)18(2,3)4)21-12-8-7-11-19(5,6)14-20/h9-10,13H,7-8,11-12,14,20H2,1-6H3. The van der Waals surface area contributed by atoms with Gasteiger partial charge < -0.3 is 10.5 Å². The van der Waals surface area contributed by atoms with Crippen molar-refractivity contribution >= 4 is 0 Å². The van der Waals surface area contributed by atoms with Crippen molar-refractivity contribution in [2.45, 2.75) is 66.2 Å². The Morgan fingerprint density at radius 2 is 1.71 bits per heavy atom. The van der Waals surface area contributed by atoms with Crippen LogP contribution in [-0.2, 0) is 5.41 Å². The van der Waals surface area contributed by atoms with Crippen molar-refractivity contribution in [3.8, 4) is 5.75 Å². The maximum absolute atomic E-state index is 6.04. The van der Waals surface area contributed by atoms with Gasteiger partial charge >= 0.3 is 0 Å². The van der Waals surface area contributed by atoms with Gasteiger partial charge in [0.05, 0.1) is 6.61 Å². The van der Waals surface area contributed by atoms with Gasteiger partial charge in [-0.1, -0.05) is 52.3 Å². The molecule has 1 aromatic rings. The molecule has 0 saturated heterocycles. The van der Waals surface area contributed by atoms with Gasteiger partial charge in [0.25, 0.3) is 0 Å². The first-order chi connectivity index (χ1) is 9.65. The van der Waals surface area contributed by atoms with Crippen LogP contribution in [0.2, 0.25) is 0 Å². The molecule has 0 saturated carbocycles. The molecule has 0 aromatic heterocycles. The van der Waals surface area contributed by atoms with E-state index >= 15 is 0 Å². The lowest BCUT2D eigenvalue weighted by molar-refractivity contribution is 0.274. The molecule has 2 nitrogen and oxygen atoms in total. The Bertz CT molecular complexity index is 443. The fraction of sp³-hybridized carbons (Fsp3) is 0.684. The molecule has 120 valence electrons. The number of benzene rings is 1. The zero-order valence-electron chi connectivity index (χ0n) is 14.8. The van der Waals surface area contributed by atoms with Crippen LogP contribution in [0.4, 0.5) is 0 Å². The van der Waals surface area contributed by atoms with E-state index in [4.69, 9.17) is 10.5 Å². The van der Waals surface area contributed by atoms with Gasteiger partial charge in [-0.15, -0.1) is 0 Å². The number of nitrogens with two attached hydrogens (primary N) is 1. The number of hydrogen-bond acceptors (Lipinski definition) is 2. The molecule has 0 amide bonds. The second kappa shape index (κ2) is 7.31. The largest absolute Gasteiger partial charge is 0.493 e. The summed E-state index contributed by atoms with van der Waals surface area (Å²) in [4.78, 5) is 0. The molecule has 0 atom stereocenters. The molecule has 0 aliphatic rings. The van der Waals surface area contributed by atoms with Gasteiger partial charge in [-0.05, 0) is 55.2 Å². The lowest BCUT2D eigenvalue weighted by atomic mass is 9.85. The van der Waals surface area contributed by atoms with Crippen molar-refractivity contribution < 1.29 is 4.74 Å². The minimum Gasteiger partial charge on any atom is -0.493 e. The second-order valence-electron chi connectivity index (χ2n) is 7.92. The van der Waals surface area contributed by atoms with Crippen LogP contribution < -0.4 is 10.5 Å². The molecule has 0 heterocycles. The fourth-order valence-corrected chi connectivity index (χ4v) is 2.35. The second-order valence-corrected chi connectivity index (χ2v) is 7.92. The highest BCUT2D eigenvalue weighted by Gasteiger charge is 2.19. The molecule has 0 aliphatic carbocycles. The van der Waals surface area contributed by atoms with E-state index in [9.17, 15) is 0 Å². The predicted molar refractivity (Wildman–Crippen MR) is 92.1 cm³/mol. The minimum absolute atomic E-state index is 0.114. The smallest absolute Gasteiger partial charge is 0.123 e. The fourth-order valence-electron chi connectivity index (χ4n) is 2.35. The molecule has 1 rings (SSSR count). The summed E-state index contributed by atoms with van der Waals surface area (Å²) in [5.41, 5.74) is 8.71. The van der Waals surface area contributed by atoms with Crippen LogP contribution in [0.5, 0.6) is 5.75 Å². The van der Waals surface area contributed by atoms with E-state index in [0.717, 1.165) is 31.7 Å². The Labute approximate surface area is 131 Å². The lowest BCUT2D eigenvalue weighted by Gasteiger charge is -2.24. The third-order valence-electron chi connectivity index (χ3n) is 4.00. The van der Waals surface area contributed by atoms with Crippen LogP contribution in [-0.4, -0.2) is 13.2 Å². The monoisotopic (exact) mass is 291 g/mol. The summed E-state index contributed by atoms with van der Waals surface area (Å²) in [5, 5.41) is 0. The first-order valence-electron chi connectivity index (χ1n) is 8.10. The molecular weight excluding hydrogens is 258 g/mol. The van der Waals surface area contributed by atoms with E-state index in [1.807, 2.05) is 0 Å². The van der Waals surface area contributed by atoms with Crippen LogP contribution in [0.15, 0.2) is 18.2 Å². The zero-order valence-corrected chi connectivity index (χ0v) is 14.8. The molecule has 1 aromatic carbocycles. The molecule has 0 unspecified atom stereocenters. The van der Waals surface area contributed by atoms with E-state index in [2.05, 4.69) is 59.7 Å². The highest BCUT2D eigenvalue weighted by Crippen LogP contribution is 2.32. The van der Waals surface area contributed by atoms with Crippen LogP contribution in [0, 0.1) is 12.3 Å². The van der Waals surface area contributed by atoms with Crippen LogP contribution in [0.3, 0.4) is 0 Å². The quantitative estimate of drug-likeness (QED) is 0.730. The van der Waals surface area contributed by atoms with Gasteiger partial charge in [0, 0.05) is 0 Å². The van der Waals surface area contributed by atoms with E-state index < -0.39 is 0 Å². The summed E-state index contributed by atoms with van der Waals surface area (Å²) in [6.07, 6.45) is 3.41. The Morgan fingerprint density at radius 3 is 2.29 bits per heavy atom. The molecule has 0 fully saturated rings. The van der Waals surface area contributed by atoms with Crippen molar-refractivity contribution in [3.63, 3.8) is 0 Å². The van der Waals surface area contributed by atoms with Gasteiger partial charge in [-0.3, -0.25) is 0 Å². The van der Waals surface area contributed by atoms with Crippen molar-refractivity contribution in [2.24, 2.45) is 11.1 Å². The van der Waals surface area contributed by atoms with Crippen LogP contribution >= 0.6 is 0 Å². The average molecular weight is 291 g/mol. The molecular formula is C19H33NO. The zero-order chi connectivity index (χ0) is 16.1. The molecule has 0 bridgehead atoms. The molecule has 0 spiro atoms. The lowest BCUT2D eigenvalue weighted by Crippen LogP contribution is -2.23. The summed E-state index contributed by atoms with van der Waals surface area (Å²) >= 11 is 0. The average Bonchev–Trinajstić information content (AvgIpc) is 2.38. The number of ether oxygens (including phenoxy) is 1.